The number of carbonyl (C=O) groups is 1. The van der Waals surface area contributed by atoms with Crippen LogP contribution in [0.4, 0.5) is 11.4 Å². The van der Waals surface area contributed by atoms with Gasteiger partial charge >= 0.3 is 0 Å². The summed E-state index contributed by atoms with van der Waals surface area (Å²) in [5.74, 6) is -0.0444. The van der Waals surface area contributed by atoms with Crippen LogP contribution in [0, 0.1) is 13.8 Å². The second-order valence-electron chi connectivity index (χ2n) is 6.50. The van der Waals surface area contributed by atoms with Crippen LogP contribution in [0.2, 0.25) is 15.1 Å². The summed E-state index contributed by atoms with van der Waals surface area (Å²) >= 11 is 18.7. The van der Waals surface area contributed by atoms with E-state index in [-0.39, 0.29) is 18.3 Å². The second kappa shape index (κ2) is 9.23. The van der Waals surface area contributed by atoms with Crippen molar-refractivity contribution in [2.24, 2.45) is 0 Å². The third kappa shape index (κ3) is 4.66. The van der Waals surface area contributed by atoms with Crippen molar-refractivity contribution in [2.75, 3.05) is 43.1 Å². The molecular weight excluding hydrogens is 423 g/mol. The van der Waals surface area contributed by atoms with Gasteiger partial charge < -0.3 is 19.7 Å². The number of nitrogens with zero attached hydrogens (tertiary/aromatic N) is 1. The van der Waals surface area contributed by atoms with Crippen LogP contribution in [0.3, 0.4) is 0 Å². The van der Waals surface area contributed by atoms with Gasteiger partial charge in [-0.25, -0.2) is 0 Å². The lowest BCUT2D eigenvalue weighted by molar-refractivity contribution is -0.118. The molecule has 0 atom stereocenters. The van der Waals surface area contributed by atoms with E-state index in [1.807, 2.05) is 24.3 Å². The van der Waals surface area contributed by atoms with Crippen molar-refractivity contribution in [3.63, 3.8) is 0 Å². The van der Waals surface area contributed by atoms with Gasteiger partial charge in [0.2, 0.25) is 0 Å². The van der Waals surface area contributed by atoms with Gasteiger partial charge in [0, 0.05) is 29.5 Å². The lowest BCUT2D eigenvalue weighted by atomic mass is 10.1. The van der Waals surface area contributed by atoms with Gasteiger partial charge in [0.25, 0.3) is 5.91 Å². The maximum absolute atomic E-state index is 12.3. The Morgan fingerprint density at radius 2 is 1.61 bits per heavy atom. The molecule has 2 aromatic carbocycles. The molecule has 1 N–H and O–H groups in total. The molecule has 0 saturated carbocycles. The standard InChI is InChI=1S/C20H21Cl3N2O3/c1-12-17(21)13(2)19(23)20(18(12)22)28-11-16(26)24-14-3-5-15(6-4-14)25-7-9-27-10-8-25/h3-6H,7-11H2,1-2H3,(H,24,26). The summed E-state index contributed by atoms with van der Waals surface area (Å²) in [7, 11) is 0. The molecule has 8 heteroatoms. The molecule has 0 unspecified atom stereocenters. The highest BCUT2D eigenvalue weighted by Gasteiger charge is 2.19. The van der Waals surface area contributed by atoms with Gasteiger partial charge in [-0.1, -0.05) is 34.8 Å². The van der Waals surface area contributed by atoms with Gasteiger partial charge in [-0.3, -0.25) is 4.79 Å². The summed E-state index contributed by atoms with van der Waals surface area (Å²) in [6, 6.07) is 7.67. The van der Waals surface area contributed by atoms with Gasteiger partial charge in [0.05, 0.1) is 23.3 Å². The minimum atomic E-state index is -0.309. The number of morpholine rings is 1. The zero-order chi connectivity index (χ0) is 20.3. The predicted molar refractivity (Wildman–Crippen MR) is 115 cm³/mol. The van der Waals surface area contributed by atoms with E-state index in [0.717, 1.165) is 32.0 Å². The van der Waals surface area contributed by atoms with Crippen molar-refractivity contribution in [1.82, 2.24) is 0 Å². The van der Waals surface area contributed by atoms with E-state index >= 15 is 0 Å². The van der Waals surface area contributed by atoms with Crippen LogP contribution in [0.25, 0.3) is 0 Å². The van der Waals surface area contributed by atoms with Crippen molar-refractivity contribution in [3.8, 4) is 5.75 Å². The first kappa shape index (κ1) is 21.1. The molecule has 0 aromatic heterocycles. The van der Waals surface area contributed by atoms with Crippen molar-refractivity contribution >= 4 is 52.1 Å². The predicted octanol–water partition coefficient (Wildman–Crippen LogP) is 5.12. The Morgan fingerprint density at radius 1 is 1.04 bits per heavy atom. The zero-order valence-corrected chi connectivity index (χ0v) is 17.9. The molecule has 150 valence electrons. The van der Waals surface area contributed by atoms with Gasteiger partial charge in [-0.15, -0.1) is 0 Å². The largest absolute Gasteiger partial charge is 0.481 e. The molecule has 5 nitrogen and oxygen atoms in total. The molecule has 1 heterocycles. The number of amides is 1. The molecule has 1 aliphatic rings. The second-order valence-corrected chi connectivity index (χ2v) is 7.64. The number of benzene rings is 2. The van der Waals surface area contributed by atoms with E-state index in [1.165, 1.54) is 0 Å². The van der Waals surface area contributed by atoms with E-state index in [1.54, 1.807) is 13.8 Å². The Hall–Kier alpha value is -1.66. The Labute approximate surface area is 179 Å². The smallest absolute Gasteiger partial charge is 0.262 e. The monoisotopic (exact) mass is 442 g/mol. The van der Waals surface area contributed by atoms with Crippen LogP contribution < -0.4 is 15.0 Å². The summed E-state index contributed by atoms with van der Waals surface area (Å²) in [4.78, 5) is 14.5. The number of halogens is 3. The first-order chi connectivity index (χ1) is 13.4. The SMILES string of the molecule is Cc1c(Cl)c(C)c(Cl)c(OCC(=O)Nc2ccc(N3CCOCC3)cc2)c1Cl. The number of rotatable bonds is 5. The third-order valence-electron chi connectivity index (χ3n) is 4.59. The molecule has 3 rings (SSSR count). The molecule has 1 fully saturated rings. The fourth-order valence-electron chi connectivity index (χ4n) is 2.95. The molecule has 1 saturated heterocycles. The average molecular weight is 444 g/mol. The average Bonchev–Trinajstić information content (AvgIpc) is 2.72. The Bertz CT molecular complexity index is 837. The number of carbonyl (C=O) groups excluding carboxylic acids is 1. The topological polar surface area (TPSA) is 50.8 Å². The molecule has 0 aliphatic carbocycles. The van der Waals surface area contributed by atoms with Crippen molar-refractivity contribution < 1.29 is 14.3 Å². The first-order valence-electron chi connectivity index (χ1n) is 8.87. The van der Waals surface area contributed by atoms with Crippen LogP contribution >= 0.6 is 34.8 Å². The maximum Gasteiger partial charge on any atom is 0.262 e. The summed E-state index contributed by atoms with van der Waals surface area (Å²) in [5, 5.41) is 3.91. The Balaban J connectivity index is 1.60. The molecule has 1 aliphatic heterocycles. The van der Waals surface area contributed by atoms with Gasteiger partial charge in [-0.05, 0) is 49.2 Å². The van der Waals surface area contributed by atoms with Crippen LogP contribution in [-0.4, -0.2) is 38.8 Å². The van der Waals surface area contributed by atoms with Crippen LogP contribution in [0.5, 0.6) is 5.75 Å². The molecule has 2 aromatic rings. The fourth-order valence-corrected chi connectivity index (χ4v) is 3.77. The van der Waals surface area contributed by atoms with E-state index in [9.17, 15) is 4.79 Å². The number of anilines is 2. The minimum Gasteiger partial charge on any atom is -0.481 e. The number of hydrogen-bond acceptors (Lipinski definition) is 4. The quantitative estimate of drug-likeness (QED) is 0.697. The van der Waals surface area contributed by atoms with E-state index in [2.05, 4.69) is 10.2 Å². The van der Waals surface area contributed by atoms with E-state index < -0.39 is 0 Å². The van der Waals surface area contributed by atoms with Gasteiger partial charge in [0.15, 0.2) is 12.4 Å². The highest BCUT2D eigenvalue weighted by atomic mass is 35.5. The van der Waals surface area contributed by atoms with Gasteiger partial charge in [-0.2, -0.15) is 0 Å². The lowest BCUT2D eigenvalue weighted by Crippen LogP contribution is -2.36. The fraction of sp³-hybridized carbons (Fsp3) is 0.350. The van der Waals surface area contributed by atoms with Crippen LogP contribution in [0.15, 0.2) is 24.3 Å². The summed E-state index contributed by atoms with van der Waals surface area (Å²) in [6.07, 6.45) is 0. The molecule has 0 radical (unpaired) electrons. The Kier molecular flexibility index (Phi) is 6.94. The summed E-state index contributed by atoms with van der Waals surface area (Å²) in [5.41, 5.74) is 3.12. The summed E-state index contributed by atoms with van der Waals surface area (Å²) < 4.78 is 10.9. The molecule has 0 spiro atoms. The van der Waals surface area contributed by atoms with E-state index in [4.69, 9.17) is 44.3 Å². The van der Waals surface area contributed by atoms with Crippen LogP contribution in [-0.2, 0) is 9.53 Å². The molecule has 1 amide bonds. The Morgan fingerprint density at radius 3 is 2.18 bits per heavy atom. The molecular formula is C20H21Cl3N2O3. The maximum atomic E-state index is 12.3. The first-order valence-corrected chi connectivity index (χ1v) is 10.0. The van der Waals surface area contributed by atoms with Crippen molar-refractivity contribution in [1.29, 1.82) is 0 Å². The minimum absolute atomic E-state index is 0.217. The highest BCUT2D eigenvalue weighted by molar-refractivity contribution is 6.42. The summed E-state index contributed by atoms with van der Waals surface area (Å²) in [6.45, 7) is 6.51. The number of nitrogens with one attached hydrogen (secondary N) is 1. The normalized spacial score (nSPS) is 14.1. The van der Waals surface area contributed by atoms with E-state index in [0.29, 0.717) is 31.9 Å². The molecule has 28 heavy (non-hydrogen) atoms. The van der Waals surface area contributed by atoms with Crippen molar-refractivity contribution in [3.05, 3.63) is 50.5 Å². The third-order valence-corrected chi connectivity index (χ3v) is 6.07. The van der Waals surface area contributed by atoms with Gasteiger partial charge in [0.1, 0.15) is 0 Å². The number of hydrogen-bond donors (Lipinski definition) is 1. The lowest BCUT2D eigenvalue weighted by Gasteiger charge is -2.28. The highest BCUT2D eigenvalue weighted by Crippen LogP contribution is 2.42. The number of ether oxygens (including phenoxy) is 2. The molecule has 0 bridgehead atoms. The van der Waals surface area contributed by atoms with Crippen LogP contribution in [0.1, 0.15) is 11.1 Å². The van der Waals surface area contributed by atoms with Crippen molar-refractivity contribution in [2.45, 2.75) is 13.8 Å². The zero-order valence-electron chi connectivity index (χ0n) is 15.7.